The number of hydrogen-bond donors (Lipinski definition) is 1. The first-order valence-corrected chi connectivity index (χ1v) is 7.15. The van der Waals surface area contributed by atoms with Gasteiger partial charge in [-0.05, 0) is 32.5 Å². The fourth-order valence-corrected chi connectivity index (χ4v) is 2.42. The van der Waals surface area contributed by atoms with Gasteiger partial charge in [0.1, 0.15) is 11.5 Å². The Bertz CT molecular complexity index is 608. The van der Waals surface area contributed by atoms with Crippen LogP contribution in [0.4, 0.5) is 0 Å². The molecule has 2 rings (SSSR count). The molecule has 1 aromatic heterocycles. The van der Waals surface area contributed by atoms with Crippen molar-refractivity contribution >= 4 is 0 Å². The zero-order valence-corrected chi connectivity index (χ0v) is 13.3. The van der Waals surface area contributed by atoms with Crippen LogP contribution in [0, 0.1) is 6.92 Å². The van der Waals surface area contributed by atoms with Crippen molar-refractivity contribution in [3.8, 4) is 17.4 Å². The summed E-state index contributed by atoms with van der Waals surface area (Å²) in [4.78, 5) is 0. The molecule has 0 aliphatic rings. The number of nitrogens with zero attached hydrogens (tertiary/aromatic N) is 2. The van der Waals surface area contributed by atoms with Crippen molar-refractivity contribution in [3.05, 3.63) is 35.5 Å². The number of ether oxygens (including phenoxy) is 2. The normalized spacial score (nSPS) is 12.2. The SMILES string of the molecule is CCNC(C)c1c(OC)cccc1Oc1cc(C)nn1C. The minimum atomic E-state index is 0.135. The van der Waals surface area contributed by atoms with Gasteiger partial charge in [-0.2, -0.15) is 5.10 Å². The number of benzene rings is 1. The summed E-state index contributed by atoms with van der Waals surface area (Å²) >= 11 is 0. The fourth-order valence-electron chi connectivity index (χ4n) is 2.42. The van der Waals surface area contributed by atoms with Crippen LogP contribution in [-0.4, -0.2) is 23.4 Å². The van der Waals surface area contributed by atoms with Crippen LogP contribution in [0.5, 0.6) is 17.4 Å². The van der Waals surface area contributed by atoms with E-state index >= 15 is 0 Å². The molecule has 1 N–H and O–H groups in total. The minimum Gasteiger partial charge on any atom is -0.496 e. The van der Waals surface area contributed by atoms with Gasteiger partial charge in [0.05, 0.1) is 18.4 Å². The second-order valence-electron chi connectivity index (χ2n) is 5.00. The van der Waals surface area contributed by atoms with E-state index in [1.165, 1.54) is 0 Å². The van der Waals surface area contributed by atoms with Crippen LogP contribution < -0.4 is 14.8 Å². The Labute approximate surface area is 125 Å². The Morgan fingerprint density at radius 2 is 2.05 bits per heavy atom. The maximum atomic E-state index is 6.05. The average Bonchev–Trinajstić information content (AvgIpc) is 2.76. The summed E-state index contributed by atoms with van der Waals surface area (Å²) in [6.07, 6.45) is 0. The molecule has 1 aromatic carbocycles. The molecular weight excluding hydrogens is 266 g/mol. The number of aromatic nitrogens is 2. The number of hydrogen-bond acceptors (Lipinski definition) is 4. The molecule has 2 aromatic rings. The van der Waals surface area contributed by atoms with Crippen LogP contribution in [0.15, 0.2) is 24.3 Å². The summed E-state index contributed by atoms with van der Waals surface area (Å²) in [5.41, 5.74) is 1.94. The van der Waals surface area contributed by atoms with Gasteiger partial charge in [0.25, 0.3) is 0 Å². The lowest BCUT2D eigenvalue weighted by Gasteiger charge is -2.20. The average molecular weight is 289 g/mol. The molecule has 1 heterocycles. The number of aryl methyl sites for hydroxylation is 2. The van der Waals surface area contributed by atoms with Crippen molar-refractivity contribution in [1.82, 2.24) is 15.1 Å². The van der Waals surface area contributed by atoms with Gasteiger partial charge in [0, 0.05) is 19.2 Å². The molecular formula is C16H23N3O2. The highest BCUT2D eigenvalue weighted by atomic mass is 16.5. The van der Waals surface area contributed by atoms with E-state index in [2.05, 4.69) is 24.3 Å². The third-order valence-electron chi connectivity index (χ3n) is 3.36. The highest BCUT2D eigenvalue weighted by Crippen LogP contribution is 2.36. The van der Waals surface area contributed by atoms with Gasteiger partial charge in [0.2, 0.25) is 5.88 Å². The minimum absolute atomic E-state index is 0.135. The quantitative estimate of drug-likeness (QED) is 0.887. The van der Waals surface area contributed by atoms with Crippen LogP contribution >= 0.6 is 0 Å². The van der Waals surface area contributed by atoms with Crippen molar-refractivity contribution in [3.63, 3.8) is 0 Å². The second-order valence-corrected chi connectivity index (χ2v) is 5.00. The summed E-state index contributed by atoms with van der Waals surface area (Å²) < 4.78 is 13.3. The zero-order chi connectivity index (χ0) is 15.4. The van der Waals surface area contributed by atoms with E-state index in [1.807, 2.05) is 38.2 Å². The Balaban J connectivity index is 2.40. The number of nitrogens with one attached hydrogen (secondary N) is 1. The second kappa shape index (κ2) is 6.63. The summed E-state index contributed by atoms with van der Waals surface area (Å²) in [5, 5.41) is 7.71. The summed E-state index contributed by atoms with van der Waals surface area (Å²) in [6, 6.07) is 7.88. The molecule has 114 valence electrons. The van der Waals surface area contributed by atoms with Gasteiger partial charge >= 0.3 is 0 Å². The van der Waals surface area contributed by atoms with E-state index in [4.69, 9.17) is 9.47 Å². The van der Waals surface area contributed by atoms with E-state index in [0.717, 1.165) is 29.3 Å². The molecule has 1 atom stereocenters. The zero-order valence-electron chi connectivity index (χ0n) is 13.3. The van der Waals surface area contributed by atoms with Crippen molar-refractivity contribution < 1.29 is 9.47 Å². The third-order valence-corrected chi connectivity index (χ3v) is 3.36. The van der Waals surface area contributed by atoms with Gasteiger partial charge in [-0.25, -0.2) is 4.68 Å². The lowest BCUT2D eigenvalue weighted by atomic mass is 10.1. The topological polar surface area (TPSA) is 48.3 Å². The summed E-state index contributed by atoms with van der Waals surface area (Å²) in [6.45, 7) is 7.00. The third kappa shape index (κ3) is 3.36. The van der Waals surface area contributed by atoms with E-state index in [-0.39, 0.29) is 6.04 Å². The van der Waals surface area contributed by atoms with Crippen LogP contribution in [-0.2, 0) is 7.05 Å². The molecule has 5 heteroatoms. The van der Waals surface area contributed by atoms with Crippen molar-refractivity contribution in [1.29, 1.82) is 0 Å². The molecule has 0 amide bonds. The highest BCUT2D eigenvalue weighted by molar-refractivity contribution is 5.48. The van der Waals surface area contributed by atoms with Crippen molar-refractivity contribution in [2.24, 2.45) is 7.05 Å². The number of rotatable bonds is 6. The first kappa shape index (κ1) is 15.4. The molecule has 0 radical (unpaired) electrons. The molecule has 0 saturated heterocycles. The van der Waals surface area contributed by atoms with Crippen molar-refractivity contribution in [2.75, 3.05) is 13.7 Å². The Kier molecular flexibility index (Phi) is 4.85. The Hall–Kier alpha value is -2.01. The molecule has 0 bridgehead atoms. The van der Waals surface area contributed by atoms with E-state index in [0.29, 0.717) is 5.88 Å². The predicted molar refractivity (Wildman–Crippen MR) is 83.1 cm³/mol. The van der Waals surface area contributed by atoms with Crippen LogP contribution in [0.25, 0.3) is 0 Å². The summed E-state index contributed by atoms with van der Waals surface area (Å²) in [7, 11) is 3.55. The molecule has 5 nitrogen and oxygen atoms in total. The lowest BCUT2D eigenvalue weighted by Crippen LogP contribution is -2.19. The van der Waals surface area contributed by atoms with Gasteiger partial charge in [0.15, 0.2) is 0 Å². The molecule has 0 saturated carbocycles. The highest BCUT2D eigenvalue weighted by Gasteiger charge is 2.18. The standard InChI is InChI=1S/C16H23N3O2/c1-6-17-12(3)16-13(20-5)8-7-9-14(16)21-15-10-11(2)18-19(15)4/h7-10,12,17H,6H2,1-5H3. The van der Waals surface area contributed by atoms with E-state index in [9.17, 15) is 0 Å². The largest absolute Gasteiger partial charge is 0.496 e. The maximum absolute atomic E-state index is 6.05. The smallest absolute Gasteiger partial charge is 0.217 e. The monoisotopic (exact) mass is 289 g/mol. The lowest BCUT2D eigenvalue weighted by molar-refractivity contribution is 0.383. The van der Waals surface area contributed by atoms with Crippen LogP contribution in [0.2, 0.25) is 0 Å². The van der Waals surface area contributed by atoms with Gasteiger partial charge in [-0.1, -0.05) is 13.0 Å². The molecule has 21 heavy (non-hydrogen) atoms. The van der Waals surface area contributed by atoms with Crippen molar-refractivity contribution in [2.45, 2.75) is 26.8 Å². The van der Waals surface area contributed by atoms with E-state index < -0.39 is 0 Å². The molecule has 1 unspecified atom stereocenters. The molecule has 0 aliphatic heterocycles. The molecule has 0 spiro atoms. The Morgan fingerprint density at radius 3 is 2.62 bits per heavy atom. The van der Waals surface area contributed by atoms with Gasteiger partial charge < -0.3 is 14.8 Å². The van der Waals surface area contributed by atoms with Gasteiger partial charge in [-0.3, -0.25) is 0 Å². The first-order valence-electron chi connectivity index (χ1n) is 7.15. The van der Waals surface area contributed by atoms with Crippen LogP contribution in [0.3, 0.4) is 0 Å². The number of methoxy groups -OCH3 is 1. The maximum Gasteiger partial charge on any atom is 0.217 e. The first-order chi connectivity index (χ1) is 10.1. The summed E-state index contributed by atoms with van der Waals surface area (Å²) in [5.74, 6) is 2.32. The van der Waals surface area contributed by atoms with Crippen LogP contribution in [0.1, 0.15) is 31.1 Å². The van der Waals surface area contributed by atoms with E-state index in [1.54, 1.807) is 11.8 Å². The fraction of sp³-hybridized carbons (Fsp3) is 0.438. The Morgan fingerprint density at radius 1 is 1.33 bits per heavy atom. The molecule has 0 fully saturated rings. The van der Waals surface area contributed by atoms with Gasteiger partial charge in [-0.15, -0.1) is 0 Å². The predicted octanol–water partition coefficient (Wildman–Crippen LogP) is 3.20. The molecule has 0 aliphatic carbocycles.